The molecule has 1 amide bonds. The van der Waals surface area contributed by atoms with Crippen LogP contribution in [0.15, 0.2) is 56.8 Å². The molecule has 0 atom stereocenters. The lowest BCUT2D eigenvalue weighted by Gasteiger charge is -2.26. The fourth-order valence-electron chi connectivity index (χ4n) is 2.99. The molecule has 0 spiro atoms. The molecule has 140 valence electrons. The summed E-state index contributed by atoms with van der Waals surface area (Å²) in [5.41, 5.74) is 0.833. The van der Waals surface area contributed by atoms with Crippen molar-refractivity contribution in [3.8, 4) is 0 Å². The number of hydrogen-bond donors (Lipinski definition) is 0. The number of nitrogens with zero attached hydrogens (tertiary/aromatic N) is 3. The maximum atomic E-state index is 12.7. The molecule has 6 nitrogen and oxygen atoms in total. The SMILES string of the molecule is CCN1C(=O)/C(=C/c2ccc(N3CCOCC3)o2)SC1=Nc1ccccc1. The number of aliphatic imine (C=N–C) groups is 1. The Hall–Kier alpha value is -2.51. The van der Waals surface area contributed by atoms with Crippen LogP contribution in [0.1, 0.15) is 12.7 Å². The van der Waals surface area contributed by atoms with E-state index in [9.17, 15) is 4.79 Å². The van der Waals surface area contributed by atoms with Crippen LogP contribution in [-0.4, -0.2) is 48.8 Å². The summed E-state index contributed by atoms with van der Waals surface area (Å²) in [6, 6.07) is 13.5. The third kappa shape index (κ3) is 3.94. The van der Waals surface area contributed by atoms with Gasteiger partial charge in [-0.1, -0.05) is 18.2 Å². The van der Waals surface area contributed by atoms with Gasteiger partial charge in [-0.25, -0.2) is 4.99 Å². The topological polar surface area (TPSA) is 58.3 Å². The minimum Gasteiger partial charge on any atom is -0.441 e. The molecular formula is C20H21N3O3S. The maximum absolute atomic E-state index is 12.7. The fourth-order valence-corrected chi connectivity index (χ4v) is 4.03. The lowest BCUT2D eigenvalue weighted by Crippen LogP contribution is -2.35. The molecule has 2 aliphatic heterocycles. The number of morpholine rings is 1. The Morgan fingerprint density at radius 2 is 1.93 bits per heavy atom. The van der Waals surface area contributed by atoms with Gasteiger partial charge in [0.25, 0.3) is 5.91 Å². The van der Waals surface area contributed by atoms with Gasteiger partial charge >= 0.3 is 0 Å². The number of para-hydroxylation sites is 1. The highest BCUT2D eigenvalue weighted by Crippen LogP contribution is 2.34. The summed E-state index contributed by atoms with van der Waals surface area (Å²) >= 11 is 1.38. The molecule has 2 aromatic rings. The van der Waals surface area contributed by atoms with E-state index in [0.717, 1.165) is 24.7 Å². The molecule has 3 heterocycles. The standard InChI is InChI=1S/C20H21N3O3S/c1-2-23-19(24)17(27-20(23)21-15-6-4-3-5-7-15)14-16-8-9-18(26-16)22-10-12-25-13-11-22/h3-9,14H,2,10-13H2,1H3/b17-14-,21-20?. The highest BCUT2D eigenvalue weighted by Gasteiger charge is 2.32. The Balaban J connectivity index is 1.56. The van der Waals surface area contributed by atoms with Crippen molar-refractivity contribution in [1.82, 2.24) is 4.90 Å². The molecule has 0 bridgehead atoms. The number of likely N-dealkylation sites (N-methyl/N-ethyl adjacent to an activating group) is 1. The summed E-state index contributed by atoms with van der Waals surface area (Å²) in [5.74, 6) is 1.44. The second-order valence-corrected chi connectivity index (χ2v) is 7.17. The second kappa shape index (κ2) is 8.02. The van der Waals surface area contributed by atoms with Gasteiger partial charge < -0.3 is 14.1 Å². The molecule has 0 saturated carbocycles. The van der Waals surface area contributed by atoms with Crippen LogP contribution >= 0.6 is 11.8 Å². The van der Waals surface area contributed by atoms with Gasteiger partial charge in [0, 0.05) is 31.8 Å². The van der Waals surface area contributed by atoms with Crippen molar-refractivity contribution in [3.63, 3.8) is 0 Å². The van der Waals surface area contributed by atoms with E-state index in [1.54, 1.807) is 11.0 Å². The average molecular weight is 383 g/mol. The molecular weight excluding hydrogens is 362 g/mol. The molecule has 4 rings (SSSR count). The smallest absolute Gasteiger partial charge is 0.266 e. The zero-order valence-corrected chi connectivity index (χ0v) is 15.9. The first kappa shape index (κ1) is 17.9. The van der Waals surface area contributed by atoms with E-state index >= 15 is 0 Å². The van der Waals surface area contributed by atoms with E-state index in [2.05, 4.69) is 9.89 Å². The fraction of sp³-hybridized carbons (Fsp3) is 0.300. The van der Waals surface area contributed by atoms with Crippen LogP contribution in [0, 0.1) is 0 Å². The number of carbonyl (C=O) groups excluding carboxylic acids is 1. The third-order valence-electron chi connectivity index (χ3n) is 4.39. The van der Waals surface area contributed by atoms with Crippen molar-refractivity contribution in [2.24, 2.45) is 4.99 Å². The number of carbonyl (C=O) groups is 1. The number of hydrogen-bond acceptors (Lipinski definition) is 6. The van der Waals surface area contributed by atoms with Gasteiger partial charge in [-0.2, -0.15) is 0 Å². The number of furan rings is 1. The predicted molar refractivity (Wildman–Crippen MR) is 108 cm³/mol. The zero-order chi connectivity index (χ0) is 18.6. The van der Waals surface area contributed by atoms with Gasteiger partial charge in [0.2, 0.25) is 0 Å². The van der Waals surface area contributed by atoms with E-state index < -0.39 is 0 Å². The number of benzene rings is 1. The Morgan fingerprint density at radius 1 is 1.15 bits per heavy atom. The van der Waals surface area contributed by atoms with Crippen molar-refractivity contribution >= 4 is 40.5 Å². The molecule has 7 heteroatoms. The average Bonchev–Trinajstić information content (AvgIpc) is 3.28. The summed E-state index contributed by atoms with van der Waals surface area (Å²) in [6.45, 7) is 5.56. The van der Waals surface area contributed by atoms with E-state index in [4.69, 9.17) is 9.15 Å². The van der Waals surface area contributed by atoms with Crippen molar-refractivity contribution in [1.29, 1.82) is 0 Å². The zero-order valence-electron chi connectivity index (χ0n) is 15.1. The van der Waals surface area contributed by atoms with Gasteiger partial charge in [-0.05, 0) is 36.9 Å². The van der Waals surface area contributed by atoms with Crippen LogP contribution < -0.4 is 4.90 Å². The van der Waals surface area contributed by atoms with E-state index in [1.165, 1.54) is 11.8 Å². The highest BCUT2D eigenvalue weighted by molar-refractivity contribution is 8.18. The number of ether oxygens (including phenoxy) is 1. The number of thioether (sulfide) groups is 1. The normalized spacial score (nSPS) is 20.9. The van der Waals surface area contributed by atoms with Crippen molar-refractivity contribution in [2.75, 3.05) is 37.7 Å². The molecule has 27 heavy (non-hydrogen) atoms. The van der Waals surface area contributed by atoms with Crippen LogP contribution in [0.2, 0.25) is 0 Å². The Morgan fingerprint density at radius 3 is 2.67 bits per heavy atom. The van der Waals surface area contributed by atoms with Gasteiger partial charge in [0.15, 0.2) is 11.1 Å². The molecule has 2 aliphatic rings. The van der Waals surface area contributed by atoms with Crippen molar-refractivity contribution in [3.05, 3.63) is 53.1 Å². The largest absolute Gasteiger partial charge is 0.441 e. The molecule has 2 fully saturated rings. The molecule has 2 saturated heterocycles. The monoisotopic (exact) mass is 383 g/mol. The summed E-state index contributed by atoms with van der Waals surface area (Å²) in [6.07, 6.45) is 1.80. The maximum Gasteiger partial charge on any atom is 0.266 e. The van der Waals surface area contributed by atoms with Crippen LogP contribution in [0.5, 0.6) is 0 Å². The number of anilines is 1. The van der Waals surface area contributed by atoms with E-state index in [1.807, 2.05) is 49.4 Å². The molecule has 0 radical (unpaired) electrons. The molecule has 1 aromatic heterocycles. The minimum atomic E-state index is -0.0403. The molecule has 0 unspecified atom stereocenters. The highest BCUT2D eigenvalue weighted by atomic mass is 32.2. The summed E-state index contributed by atoms with van der Waals surface area (Å²) in [5, 5.41) is 0.694. The summed E-state index contributed by atoms with van der Waals surface area (Å²) in [7, 11) is 0. The van der Waals surface area contributed by atoms with E-state index in [-0.39, 0.29) is 5.91 Å². The quantitative estimate of drug-likeness (QED) is 0.753. The minimum absolute atomic E-state index is 0.0403. The summed E-state index contributed by atoms with van der Waals surface area (Å²) < 4.78 is 11.3. The van der Waals surface area contributed by atoms with E-state index in [0.29, 0.717) is 35.6 Å². The molecule has 0 N–H and O–H groups in total. The second-order valence-electron chi connectivity index (χ2n) is 6.17. The third-order valence-corrected chi connectivity index (χ3v) is 5.40. The Labute approximate surface area is 162 Å². The first-order chi connectivity index (χ1) is 13.2. The molecule has 0 aliphatic carbocycles. The number of amidine groups is 1. The Kier molecular flexibility index (Phi) is 5.31. The van der Waals surface area contributed by atoms with Gasteiger partial charge in [0.05, 0.1) is 23.8 Å². The van der Waals surface area contributed by atoms with Crippen LogP contribution in [0.25, 0.3) is 6.08 Å². The van der Waals surface area contributed by atoms with Crippen molar-refractivity contribution in [2.45, 2.75) is 6.92 Å². The van der Waals surface area contributed by atoms with Crippen LogP contribution in [-0.2, 0) is 9.53 Å². The predicted octanol–water partition coefficient (Wildman–Crippen LogP) is 3.74. The van der Waals surface area contributed by atoms with Crippen molar-refractivity contribution < 1.29 is 13.9 Å². The van der Waals surface area contributed by atoms with Gasteiger partial charge in [-0.15, -0.1) is 0 Å². The Bertz CT molecular complexity index is 870. The van der Waals surface area contributed by atoms with Crippen LogP contribution in [0.3, 0.4) is 0 Å². The van der Waals surface area contributed by atoms with Crippen LogP contribution in [0.4, 0.5) is 11.6 Å². The number of rotatable bonds is 4. The van der Waals surface area contributed by atoms with Gasteiger partial charge in [0.1, 0.15) is 5.76 Å². The lowest BCUT2D eigenvalue weighted by atomic mass is 10.3. The number of amides is 1. The first-order valence-corrected chi connectivity index (χ1v) is 9.84. The van der Waals surface area contributed by atoms with Gasteiger partial charge in [-0.3, -0.25) is 9.69 Å². The lowest BCUT2D eigenvalue weighted by molar-refractivity contribution is -0.122. The molecule has 1 aromatic carbocycles. The summed E-state index contributed by atoms with van der Waals surface area (Å²) in [4.78, 5) is 21.8. The first-order valence-electron chi connectivity index (χ1n) is 9.02.